The number of allylic oxidation sites excluding steroid dienone is 1. The van der Waals surface area contributed by atoms with Gasteiger partial charge < -0.3 is 17.4 Å². The lowest BCUT2D eigenvalue weighted by molar-refractivity contribution is -0.133. The Morgan fingerprint density at radius 1 is 1.29 bits per heavy atom. The molecule has 0 bridgehead atoms. The highest BCUT2D eigenvalue weighted by Gasteiger charge is 2.13. The second-order valence-electron chi connectivity index (χ2n) is 3.01. The first-order valence-electron chi connectivity index (χ1n) is 3.93. The summed E-state index contributed by atoms with van der Waals surface area (Å²) >= 11 is 0. The fourth-order valence-electron chi connectivity index (χ4n) is 1.11. The summed E-state index contributed by atoms with van der Waals surface area (Å²) in [7, 11) is 0. The van der Waals surface area contributed by atoms with E-state index >= 15 is 0 Å². The topological polar surface area (TPSA) is 107 Å². The number of rotatable bonds is 3. The van der Waals surface area contributed by atoms with E-state index in [0.29, 0.717) is 5.57 Å². The molecule has 0 amide bonds. The van der Waals surface area contributed by atoms with E-state index in [0.717, 1.165) is 12.0 Å². The van der Waals surface area contributed by atoms with Crippen LogP contribution in [0.5, 0.6) is 0 Å². The molecule has 0 aromatic heterocycles. The molecule has 0 saturated carbocycles. The third kappa shape index (κ3) is 6.88. The molecule has 0 aliphatic rings. The van der Waals surface area contributed by atoms with Crippen LogP contribution in [0.2, 0.25) is 0 Å². The summed E-state index contributed by atoms with van der Waals surface area (Å²) in [5.74, 6) is -0.660. The Balaban J connectivity index is -0.000000167. The molecule has 0 aliphatic heterocycles. The Kier molecular flexibility index (Phi) is 17.5. The second-order valence-corrected chi connectivity index (χ2v) is 3.01. The molecule has 0 aromatic rings. The minimum atomic E-state index is -0.778. The predicted molar refractivity (Wildman–Crippen MR) is 62.8 cm³/mol. The Morgan fingerprint density at radius 2 is 1.64 bits per heavy atom. The Morgan fingerprint density at radius 3 is 1.71 bits per heavy atom. The van der Waals surface area contributed by atoms with Gasteiger partial charge in [-0.2, -0.15) is 0 Å². The average Bonchev–Trinajstić information content (AvgIpc) is 1.85. The molecule has 7 N–H and O–H groups in total. The van der Waals surface area contributed by atoms with Crippen molar-refractivity contribution in [2.75, 3.05) is 0 Å². The Bertz CT molecular complexity index is 191. The fraction of sp³-hybridized carbons (Fsp3) is 0.667. The van der Waals surface area contributed by atoms with Crippen molar-refractivity contribution in [3.05, 3.63) is 11.1 Å². The third-order valence-electron chi connectivity index (χ3n) is 1.80. The molecular formula is C9H23ClN2O2. The minimum Gasteiger partial charge on any atom is -0.478 e. The summed E-state index contributed by atoms with van der Waals surface area (Å²) in [6.07, 6.45) is 0.819. The van der Waals surface area contributed by atoms with Gasteiger partial charge in [0.15, 0.2) is 0 Å². The van der Waals surface area contributed by atoms with Crippen LogP contribution >= 0.6 is 12.4 Å². The van der Waals surface area contributed by atoms with Crippen LogP contribution in [0.1, 0.15) is 34.1 Å². The minimum absolute atomic E-state index is 0. The number of hydrogen-bond donors (Lipinski definition) is 3. The Labute approximate surface area is 92.3 Å². The molecule has 0 aliphatic carbocycles. The van der Waals surface area contributed by atoms with E-state index in [1.165, 1.54) is 0 Å². The highest BCUT2D eigenvalue weighted by molar-refractivity contribution is 5.87. The van der Waals surface area contributed by atoms with Crippen molar-refractivity contribution in [1.29, 1.82) is 0 Å². The summed E-state index contributed by atoms with van der Waals surface area (Å²) in [5.41, 5.74) is 1.54. The molecule has 0 heterocycles. The smallest absolute Gasteiger partial charge is 0.331 e. The number of carboxylic acid groups (broad SMARTS) is 1. The molecule has 5 heteroatoms. The normalized spacial score (nSPS) is 10.4. The first kappa shape index (κ1) is 23.3. The lowest BCUT2D eigenvalue weighted by Gasteiger charge is -2.09. The zero-order valence-corrected chi connectivity index (χ0v) is 10.3. The van der Waals surface area contributed by atoms with Crippen LogP contribution in [0.15, 0.2) is 11.1 Å². The fourth-order valence-corrected chi connectivity index (χ4v) is 1.11. The van der Waals surface area contributed by atoms with E-state index in [9.17, 15) is 4.79 Å². The van der Waals surface area contributed by atoms with Gasteiger partial charge in [0.1, 0.15) is 0 Å². The van der Waals surface area contributed by atoms with Crippen LogP contribution < -0.4 is 12.3 Å². The van der Waals surface area contributed by atoms with Gasteiger partial charge in [0.05, 0.1) is 0 Å². The molecule has 0 radical (unpaired) electrons. The van der Waals surface area contributed by atoms with Crippen molar-refractivity contribution in [3.8, 4) is 0 Å². The molecule has 0 spiro atoms. The zero-order valence-electron chi connectivity index (χ0n) is 9.46. The number of halogens is 1. The van der Waals surface area contributed by atoms with E-state index < -0.39 is 5.97 Å². The van der Waals surface area contributed by atoms with Gasteiger partial charge in [0.25, 0.3) is 0 Å². The predicted octanol–water partition coefficient (Wildman–Crippen LogP) is 3.20. The molecule has 4 nitrogen and oxygen atoms in total. The molecule has 88 valence electrons. The van der Waals surface area contributed by atoms with Crippen molar-refractivity contribution in [1.82, 2.24) is 12.3 Å². The molecule has 0 aromatic carbocycles. The summed E-state index contributed by atoms with van der Waals surface area (Å²) < 4.78 is 0. The van der Waals surface area contributed by atoms with Crippen LogP contribution in [-0.2, 0) is 4.79 Å². The second kappa shape index (κ2) is 10.5. The van der Waals surface area contributed by atoms with Gasteiger partial charge in [-0.15, -0.1) is 12.4 Å². The maximum atomic E-state index is 10.7. The summed E-state index contributed by atoms with van der Waals surface area (Å²) in [6.45, 7) is 7.66. The molecule has 0 saturated heterocycles. The quantitative estimate of drug-likeness (QED) is 0.642. The number of carboxylic acids is 1. The summed E-state index contributed by atoms with van der Waals surface area (Å²) in [6, 6.07) is 0. The maximum absolute atomic E-state index is 10.7. The van der Waals surface area contributed by atoms with Gasteiger partial charge in [0.2, 0.25) is 0 Å². The van der Waals surface area contributed by atoms with E-state index in [2.05, 4.69) is 0 Å². The Hall–Kier alpha value is -0.580. The SMILES string of the molecule is CCC(C)=C(C(=O)O)C(C)C.Cl.N.N. The van der Waals surface area contributed by atoms with Crippen molar-refractivity contribution in [2.24, 2.45) is 5.92 Å². The molecule has 0 rings (SSSR count). The summed E-state index contributed by atoms with van der Waals surface area (Å²) in [4.78, 5) is 10.7. The van der Waals surface area contributed by atoms with Gasteiger partial charge in [0, 0.05) is 5.57 Å². The summed E-state index contributed by atoms with van der Waals surface area (Å²) in [5, 5.41) is 8.79. The molecular weight excluding hydrogens is 204 g/mol. The number of aliphatic carboxylic acids is 1. The third-order valence-corrected chi connectivity index (χ3v) is 1.80. The van der Waals surface area contributed by atoms with Gasteiger partial charge in [-0.3, -0.25) is 0 Å². The van der Waals surface area contributed by atoms with Gasteiger partial charge in [-0.05, 0) is 19.3 Å². The number of carbonyl (C=O) groups is 1. The highest BCUT2D eigenvalue weighted by Crippen LogP contribution is 2.16. The zero-order chi connectivity index (χ0) is 9.02. The average molecular weight is 227 g/mol. The van der Waals surface area contributed by atoms with Crippen LogP contribution in [0.3, 0.4) is 0 Å². The maximum Gasteiger partial charge on any atom is 0.331 e. The largest absolute Gasteiger partial charge is 0.478 e. The van der Waals surface area contributed by atoms with Gasteiger partial charge >= 0.3 is 5.97 Å². The van der Waals surface area contributed by atoms with E-state index in [1.54, 1.807) is 0 Å². The number of hydrogen-bond acceptors (Lipinski definition) is 3. The van der Waals surface area contributed by atoms with Crippen LogP contribution in [-0.4, -0.2) is 11.1 Å². The van der Waals surface area contributed by atoms with Crippen molar-refractivity contribution in [2.45, 2.75) is 34.1 Å². The van der Waals surface area contributed by atoms with Crippen LogP contribution in [0, 0.1) is 5.92 Å². The van der Waals surface area contributed by atoms with Gasteiger partial charge in [-0.1, -0.05) is 26.3 Å². The molecule has 0 atom stereocenters. The van der Waals surface area contributed by atoms with E-state index in [4.69, 9.17) is 5.11 Å². The highest BCUT2D eigenvalue weighted by atomic mass is 35.5. The first-order valence-corrected chi connectivity index (χ1v) is 3.93. The van der Waals surface area contributed by atoms with E-state index in [1.807, 2.05) is 27.7 Å². The standard InChI is InChI=1S/C9H16O2.ClH.2H3N/c1-5-7(4)8(6(2)3)9(10)11;;;/h6H,5H2,1-4H3,(H,10,11);1H;2*1H3. The lowest BCUT2D eigenvalue weighted by Crippen LogP contribution is -2.09. The first-order chi connectivity index (χ1) is 5.00. The van der Waals surface area contributed by atoms with Crippen LogP contribution in [0.25, 0.3) is 0 Å². The molecule has 0 fully saturated rings. The molecule has 0 unspecified atom stereocenters. The van der Waals surface area contributed by atoms with Crippen LogP contribution in [0.4, 0.5) is 0 Å². The monoisotopic (exact) mass is 226 g/mol. The van der Waals surface area contributed by atoms with Crippen molar-refractivity contribution < 1.29 is 9.90 Å². The van der Waals surface area contributed by atoms with E-state index in [-0.39, 0.29) is 30.6 Å². The van der Waals surface area contributed by atoms with Crippen molar-refractivity contribution >= 4 is 18.4 Å². The molecule has 14 heavy (non-hydrogen) atoms. The lowest BCUT2D eigenvalue weighted by atomic mass is 9.97. The van der Waals surface area contributed by atoms with Crippen molar-refractivity contribution in [3.63, 3.8) is 0 Å². The van der Waals surface area contributed by atoms with Gasteiger partial charge in [-0.25, -0.2) is 4.79 Å².